The quantitative estimate of drug-likeness (QED) is 0.596. The van der Waals surface area contributed by atoms with Gasteiger partial charge in [-0.3, -0.25) is 19.1 Å². The molecule has 1 amide bonds. The van der Waals surface area contributed by atoms with Crippen molar-refractivity contribution < 1.29 is 4.79 Å². The minimum atomic E-state index is -0.241. The van der Waals surface area contributed by atoms with E-state index in [4.69, 9.17) is 11.6 Å². The van der Waals surface area contributed by atoms with Crippen molar-refractivity contribution in [2.45, 2.75) is 13.0 Å². The molecule has 31 heavy (non-hydrogen) atoms. The minimum Gasteiger partial charge on any atom is -0.339 e. The highest BCUT2D eigenvalue weighted by Crippen LogP contribution is 2.18. The summed E-state index contributed by atoms with van der Waals surface area (Å²) in [6, 6.07) is 19.0. The summed E-state index contributed by atoms with van der Waals surface area (Å²) in [6.45, 7) is 4.05. The Morgan fingerprint density at radius 1 is 0.968 bits per heavy atom. The predicted octanol–water partition coefficient (Wildman–Crippen LogP) is 2.95. The van der Waals surface area contributed by atoms with Gasteiger partial charge in [-0.1, -0.05) is 54.1 Å². The highest BCUT2D eigenvalue weighted by atomic mass is 35.5. The third kappa shape index (κ3) is 5.60. The van der Waals surface area contributed by atoms with Crippen LogP contribution in [0.5, 0.6) is 0 Å². The number of piperazine rings is 1. The molecule has 0 saturated carbocycles. The summed E-state index contributed by atoms with van der Waals surface area (Å²) < 4.78 is 1.36. The number of amides is 1. The van der Waals surface area contributed by atoms with Crippen LogP contribution in [0.4, 0.5) is 0 Å². The molecular weight excluding hydrogens is 412 g/mol. The Balaban J connectivity index is 1.29. The summed E-state index contributed by atoms with van der Waals surface area (Å²) >= 11 is 5.91. The third-order valence-electron chi connectivity index (χ3n) is 5.61. The highest BCUT2D eigenvalue weighted by molar-refractivity contribution is 6.30. The first-order valence-corrected chi connectivity index (χ1v) is 10.8. The molecule has 0 spiro atoms. The van der Waals surface area contributed by atoms with Crippen LogP contribution in [0, 0.1) is 0 Å². The van der Waals surface area contributed by atoms with Crippen molar-refractivity contribution in [3.05, 3.63) is 87.9 Å². The van der Waals surface area contributed by atoms with Gasteiger partial charge < -0.3 is 4.90 Å². The Hall–Kier alpha value is -2.96. The molecule has 1 aliphatic rings. The molecular formula is C24H25ClN4O2. The van der Waals surface area contributed by atoms with E-state index in [0.29, 0.717) is 23.8 Å². The van der Waals surface area contributed by atoms with Gasteiger partial charge in [0, 0.05) is 49.4 Å². The van der Waals surface area contributed by atoms with Crippen LogP contribution >= 0.6 is 11.6 Å². The number of rotatable bonds is 6. The van der Waals surface area contributed by atoms with E-state index in [1.807, 2.05) is 23.1 Å². The first-order chi connectivity index (χ1) is 15.1. The van der Waals surface area contributed by atoms with Crippen LogP contribution in [0.3, 0.4) is 0 Å². The van der Waals surface area contributed by atoms with E-state index < -0.39 is 0 Å². The van der Waals surface area contributed by atoms with Crippen molar-refractivity contribution in [3.63, 3.8) is 0 Å². The number of hydrogen-bond acceptors (Lipinski definition) is 4. The molecule has 4 rings (SSSR count). The molecule has 1 aromatic heterocycles. The molecule has 1 aliphatic heterocycles. The number of halogens is 1. The van der Waals surface area contributed by atoms with Crippen molar-refractivity contribution in [2.24, 2.45) is 0 Å². The zero-order valence-corrected chi connectivity index (χ0v) is 18.0. The van der Waals surface area contributed by atoms with Gasteiger partial charge in [-0.15, -0.1) is 0 Å². The van der Waals surface area contributed by atoms with Crippen LogP contribution in [0.15, 0.2) is 71.8 Å². The Labute approximate surface area is 186 Å². The Morgan fingerprint density at radius 3 is 2.35 bits per heavy atom. The summed E-state index contributed by atoms with van der Waals surface area (Å²) in [4.78, 5) is 33.7. The average molecular weight is 437 g/mol. The standard InChI is InChI=1S/C24H25ClN4O2/c25-21-8-6-20(7-9-21)22-16-23(30)29(18-26-22)17-24(31)28-14-12-27(13-15-28)11-10-19-4-2-1-3-5-19/h1-9,16,18H,10-15,17H2. The number of nitrogens with zero attached hydrogens (tertiary/aromatic N) is 4. The second-order valence-electron chi connectivity index (χ2n) is 7.71. The fraction of sp³-hybridized carbons (Fsp3) is 0.292. The lowest BCUT2D eigenvalue weighted by molar-refractivity contribution is -0.133. The zero-order valence-electron chi connectivity index (χ0n) is 17.3. The number of carbonyl (C=O) groups is 1. The van der Waals surface area contributed by atoms with Crippen molar-refractivity contribution in [3.8, 4) is 11.3 Å². The predicted molar refractivity (Wildman–Crippen MR) is 122 cm³/mol. The summed E-state index contributed by atoms with van der Waals surface area (Å²) in [6.07, 6.45) is 2.45. The van der Waals surface area contributed by atoms with Gasteiger partial charge in [0.1, 0.15) is 6.54 Å². The Bertz CT molecular complexity index is 1070. The van der Waals surface area contributed by atoms with E-state index in [0.717, 1.165) is 31.6 Å². The molecule has 0 N–H and O–H groups in total. The van der Waals surface area contributed by atoms with E-state index in [9.17, 15) is 9.59 Å². The highest BCUT2D eigenvalue weighted by Gasteiger charge is 2.21. The van der Waals surface area contributed by atoms with E-state index in [1.54, 1.807) is 12.1 Å². The molecule has 2 heterocycles. The fourth-order valence-electron chi connectivity index (χ4n) is 3.72. The molecule has 160 valence electrons. The van der Waals surface area contributed by atoms with Gasteiger partial charge in [0.05, 0.1) is 12.0 Å². The van der Waals surface area contributed by atoms with E-state index in [2.05, 4.69) is 34.1 Å². The van der Waals surface area contributed by atoms with E-state index >= 15 is 0 Å². The first-order valence-electron chi connectivity index (χ1n) is 10.4. The lowest BCUT2D eigenvalue weighted by atomic mass is 10.1. The van der Waals surface area contributed by atoms with Crippen LogP contribution in [-0.2, 0) is 17.8 Å². The fourth-order valence-corrected chi connectivity index (χ4v) is 3.85. The minimum absolute atomic E-state index is 0.0107. The van der Waals surface area contributed by atoms with Crippen LogP contribution in [0.2, 0.25) is 5.02 Å². The molecule has 1 fully saturated rings. The van der Waals surface area contributed by atoms with Crippen molar-refractivity contribution in [1.29, 1.82) is 0 Å². The monoisotopic (exact) mass is 436 g/mol. The normalized spacial score (nSPS) is 14.5. The van der Waals surface area contributed by atoms with E-state index in [1.165, 1.54) is 22.5 Å². The summed E-state index contributed by atoms with van der Waals surface area (Å²) in [5.41, 5.74) is 2.47. The molecule has 2 aromatic carbocycles. The van der Waals surface area contributed by atoms with Gasteiger partial charge in [0.2, 0.25) is 5.91 Å². The molecule has 0 radical (unpaired) electrons. The largest absolute Gasteiger partial charge is 0.339 e. The molecule has 0 atom stereocenters. The smallest absolute Gasteiger partial charge is 0.254 e. The maximum Gasteiger partial charge on any atom is 0.254 e. The van der Waals surface area contributed by atoms with Gasteiger partial charge in [-0.25, -0.2) is 4.98 Å². The number of benzene rings is 2. The molecule has 3 aromatic rings. The number of carbonyl (C=O) groups excluding carboxylic acids is 1. The van der Waals surface area contributed by atoms with Gasteiger partial charge in [0.15, 0.2) is 0 Å². The topological polar surface area (TPSA) is 58.4 Å². The van der Waals surface area contributed by atoms with Gasteiger partial charge in [-0.2, -0.15) is 0 Å². The van der Waals surface area contributed by atoms with Crippen LogP contribution in [0.1, 0.15) is 5.56 Å². The van der Waals surface area contributed by atoms with Crippen LogP contribution < -0.4 is 5.56 Å². The van der Waals surface area contributed by atoms with Gasteiger partial charge in [-0.05, 0) is 24.1 Å². The van der Waals surface area contributed by atoms with Gasteiger partial charge >= 0.3 is 0 Å². The summed E-state index contributed by atoms with van der Waals surface area (Å²) in [7, 11) is 0. The molecule has 0 aliphatic carbocycles. The molecule has 6 nitrogen and oxygen atoms in total. The maximum absolute atomic E-state index is 12.7. The van der Waals surface area contributed by atoms with Crippen LogP contribution in [0.25, 0.3) is 11.3 Å². The van der Waals surface area contributed by atoms with Crippen molar-refractivity contribution in [1.82, 2.24) is 19.4 Å². The van der Waals surface area contributed by atoms with E-state index in [-0.39, 0.29) is 18.0 Å². The summed E-state index contributed by atoms with van der Waals surface area (Å²) in [5, 5.41) is 0.628. The maximum atomic E-state index is 12.7. The number of aromatic nitrogens is 2. The summed E-state index contributed by atoms with van der Waals surface area (Å²) in [5.74, 6) is -0.0501. The molecule has 7 heteroatoms. The van der Waals surface area contributed by atoms with Crippen molar-refractivity contribution >= 4 is 17.5 Å². The molecule has 0 unspecified atom stereocenters. The van der Waals surface area contributed by atoms with Crippen LogP contribution in [-0.4, -0.2) is 58.0 Å². The lowest BCUT2D eigenvalue weighted by Gasteiger charge is -2.34. The SMILES string of the molecule is O=C(Cn1cnc(-c2ccc(Cl)cc2)cc1=O)N1CCN(CCc2ccccc2)CC1. The third-order valence-corrected chi connectivity index (χ3v) is 5.86. The molecule has 1 saturated heterocycles. The number of hydrogen-bond donors (Lipinski definition) is 0. The zero-order chi connectivity index (χ0) is 21.6. The Kier molecular flexibility index (Phi) is 6.79. The van der Waals surface area contributed by atoms with Gasteiger partial charge in [0.25, 0.3) is 5.56 Å². The van der Waals surface area contributed by atoms with Crippen molar-refractivity contribution in [2.75, 3.05) is 32.7 Å². The molecule has 0 bridgehead atoms. The second kappa shape index (κ2) is 9.90. The second-order valence-corrected chi connectivity index (χ2v) is 8.14. The Morgan fingerprint density at radius 2 is 1.68 bits per heavy atom. The lowest BCUT2D eigenvalue weighted by Crippen LogP contribution is -2.50. The average Bonchev–Trinajstić information content (AvgIpc) is 2.80. The first kappa shape index (κ1) is 21.3.